The zero-order chi connectivity index (χ0) is 10.7. The van der Waals surface area contributed by atoms with Crippen LogP contribution in [0.4, 0.5) is 0 Å². The molecule has 1 heterocycles. The maximum atomic E-state index is 11.4. The van der Waals surface area contributed by atoms with E-state index in [2.05, 4.69) is 4.98 Å². The Kier molecular flexibility index (Phi) is 2.86. The average molecular weight is 202 g/mol. The van der Waals surface area contributed by atoms with E-state index in [-0.39, 0.29) is 5.56 Å². The van der Waals surface area contributed by atoms with E-state index >= 15 is 0 Å². The Labute approximate surface area is 88.8 Å². The van der Waals surface area contributed by atoms with Gasteiger partial charge < -0.3 is 4.98 Å². The maximum Gasteiger partial charge on any atom is 0.266 e. The van der Waals surface area contributed by atoms with Crippen molar-refractivity contribution in [1.82, 2.24) is 4.98 Å². The predicted octanol–water partition coefficient (Wildman–Crippen LogP) is 2.29. The van der Waals surface area contributed by atoms with Gasteiger partial charge in [0.2, 0.25) is 0 Å². The first-order chi connectivity index (χ1) is 7.33. The van der Waals surface area contributed by atoms with Crippen LogP contribution in [0.1, 0.15) is 49.1 Å². The Morgan fingerprint density at radius 1 is 1.33 bits per heavy atom. The predicted molar refractivity (Wildman–Crippen MR) is 57.6 cm³/mol. The van der Waals surface area contributed by atoms with Gasteiger partial charge in [0.05, 0.1) is 0 Å². The van der Waals surface area contributed by atoms with Gasteiger partial charge in [-0.1, -0.05) is 19.3 Å². The van der Waals surface area contributed by atoms with Crippen molar-refractivity contribution in [1.29, 1.82) is 5.26 Å². The van der Waals surface area contributed by atoms with Crippen LogP contribution in [0.5, 0.6) is 0 Å². The molecule has 78 valence electrons. The Morgan fingerprint density at radius 3 is 2.73 bits per heavy atom. The molecule has 1 N–H and O–H groups in total. The molecular weight excluding hydrogens is 188 g/mol. The maximum absolute atomic E-state index is 11.4. The molecule has 1 aliphatic rings. The second-order valence-electron chi connectivity index (χ2n) is 4.08. The molecule has 0 spiro atoms. The van der Waals surface area contributed by atoms with Gasteiger partial charge in [-0.05, 0) is 30.4 Å². The Morgan fingerprint density at radius 2 is 2.07 bits per heavy atom. The molecule has 0 amide bonds. The molecule has 15 heavy (non-hydrogen) atoms. The molecule has 0 radical (unpaired) electrons. The molecule has 0 unspecified atom stereocenters. The van der Waals surface area contributed by atoms with Gasteiger partial charge in [0.15, 0.2) is 0 Å². The van der Waals surface area contributed by atoms with E-state index in [1.165, 1.54) is 19.3 Å². The lowest BCUT2D eigenvalue weighted by Gasteiger charge is -2.22. The second-order valence-corrected chi connectivity index (χ2v) is 4.08. The molecular formula is C12H14N2O. The highest BCUT2D eigenvalue weighted by molar-refractivity contribution is 5.37. The summed E-state index contributed by atoms with van der Waals surface area (Å²) in [4.78, 5) is 14.0. The van der Waals surface area contributed by atoms with Crippen LogP contribution in [0, 0.1) is 11.3 Å². The van der Waals surface area contributed by atoms with Gasteiger partial charge in [0, 0.05) is 6.20 Å². The molecule has 1 fully saturated rings. The lowest BCUT2D eigenvalue weighted by molar-refractivity contribution is 0.442. The topological polar surface area (TPSA) is 56.6 Å². The van der Waals surface area contributed by atoms with E-state index in [0.29, 0.717) is 11.5 Å². The number of hydrogen-bond acceptors (Lipinski definition) is 2. The molecule has 1 saturated carbocycles. The van der Waals surface area contributed by atoms with Crippen LogP contribution in [0.25, 0.3) is 0 Å². The van der Waals surface area contributed by atoms with Crippen LogP contribution in [0.2, 0.25) is 0 Å². The average Bonchev–Trinajstić information content (AvgIpc) is 2.30. The zero-order valence-corrected chi connectivity index (χ0v) is 8.62. The molecule has 1 aliphatic carbocycles. The minimum absolute atomic E-state index is 0.249. The Hall–Kier alpha value is -1.56. The van der Waals surface area contributed by atoms with E-state index in [1.807, 2.05) is 12.1 Å². The van der Waals surface area contributed by atoms with Crippen molar-refractivity contribution in [2.24, 2.45) is 0 Å². The van der Waals surface area contributed by atoms with E-state index < -0.39 is 0 Å². The normalized spacial score (nSPS) is 17.3. The molecule has 0 aromatic carbocycles. The highest BCUT2D eigenvalue weighted by Crippen LogP contribution is 2.33. The summed E-state index contributed by atoms with van der Waals surface area (Å²) in [6.45, 7) is 0. The highest BCUT2D eigenvalue weighted by Gasteiger charge is 2.19. The van der Waals surface area contributed by atoms with Gasteiger partial charge in [-0.25, -0.2) is 0 Å². The number of aromatic amines is 1. The van der Waals surface area contributed by atoms with Crippen molar-refractivity contribution >= 4 is 0 Å². The summed E-state index contributed by atoms with van der Waals surface area (Å²) < 4.78 is 0. The lowest BCUT2D eigenvalue weighted by atomic mass is 9.83. The number of nitriles is 1. The van der Waals surface area contributed by atoms with E-state index in [9.17, 15) is 4.79 Å². The van der Waals surface area contributed by atoms with Crippen LogP contribution >= 0.6 is 0 Å². The van der Waals surface area contributed by atoms with Crippen LogP contribution < -0.4 is 5.56 Å². The van der Waals surface area contributed by atoms with Crippen molar-refractivity contribution in [3.8, 4) is 6.07 Å². The fourth-order valence-electron chi connectivity index (χ4n) is 2.36. The van der Waals surface area contributed by atoms with Crippen molar-refractivity contribution in [3.63, 3.8) is 0 Å². The summed E-state index contributed by atoms with van der Waals surface area (Å²) in [6.07, 6.45) is 7.57. The van der Waals surface area contributed by atoms with E-state index in [4.69, 9.17) is 5.26 Å². The van der Waals surface area contributed by atoms with E-state index in [0.717, 1.165) is 18.4 Å². The third-order valence-electron chi connectivity index (χ3n) is 3.15. The number of nitrogens with zero attached hydrogens (tertiary/aromatic N) is 1. The number of nitrogens with one attached hydrogen (secondary N) is 1. The van der Waals surface area contributed by atoms with Crippen molar-refractivity contribution in [2.45, 2.75) is 38.0 Å². The minimum Gasteiger partial charge on any atom is -0.328 e. The molecule has 0 aliphatic heterocycles. The third kappa shape index (κ3) is 1.94. The summed E-state index contributed by atoms with van der Waals surface area (Å²) in [5.41, 5.74) is 1.01. The fraction of sp³-hybridized carbons (Fsp3) is 0.500. The van der Waals surface area contributed by atoms with Gasteiger partial charge in [0.1, 0.15) is 11.6 Å². The SMILES string of the molecule is N#Cc1c(C2CCCCC2)cc[nH]c1=O. The lowest BCUT2D eigenvalue weighted by Crippen LogP contribution is -2.16. The zero-order valence-electron chi connectivity index (χ0n) is 8.62. The first kappa shape index (κ1) is 9.97. The standard InChI is InChI=1S/C12H14N2O/c13-8-11-10(6-7-14-12(11)15)9-4-2-1-3-5-9/h6-7,9H,1-5H2,(H,14,15). The van der Waals surface area contributed by atoms with Gasteiger partial charge in [-0.3, -0.25) is 4.79 Å². The van der Waals surface area contributed by atoms with Gasteiger partial charge in [0.25, 0.3) is 5.56 Å². The van der Waals surface area contributed by atoms with Crippen LogP contribution in [-0.2, 0) is 0 Å². The number of hydrogen-bond donors (Lipinski definition) is 1. The smallest absolute Gasteiger partial charge is 0.266 e. The molecule has 0 bridgehead atoms. The molecule has 0 atom stereocenters. The van der Waals surface area contributed by atoms with Crippen molar-refractivity contribution in [3.05, 3.63) is 33.7 Å². The number of rotatable bonds is 1. The highest BCUT2D eigenvalue weighted by atomic mass is 16.1. The summed E-state index contributed by atoms with van der Waals surface area (Å²) in [6, 6.07) is 3.90. The van der Waals surface area contributed by atoms with Crippen LogP contribution in [0.3, 0.4) is 0 Å². The van der Waals surface area contributed by atoms with Gasteiger partial charge >= 0.3 is 0 Å². The largest absolute Gasteiger partial charge is 0.328 e. The quantitative estimate of drug-likeness (QED) is 0.759. The Balaban J connectivity index is 2.39. The monoisotopic (exact) mass is 202 g/mol. The number of H-pyrrole nitrogens is 1. The molecule has 1 aromatic rings. The molecule has 2 rings (SSSR count). The van der Waals surface area contributed by atoms with Gasteiger partial charge in [-0.15, -0.1) is 0 Å². The minimum atomic E-state index is -0.249. The summed E-state index contributed by atoms with van der Waals surface area (Å²) in [7, 11) is 0. The third-order valence-corrected chi connectivity index (χ3v) is 3.15. The Bertz CT molecular complexity index is 436. The molecule has 1 aromatic heterocycles. The van der Waals surface area contributed by atoms with Crippen molar-refractivity contribution in [2.75, 3.05) is 0 Å². The summed E-state index contributed by atoms with van der Waals surface area (Å²) in [5, 5.41) is 8.96. The van der Waals surface area contributed by atoms with Crippen LogP contribution in [0.15, 0.2) is 17.1 Å². The van der Waals surface area contributed by atoms with Crippen LogP contribution in [-0.4, -0.2) is 4.98 Å². The summed E-state index contributed by atoms with van der Waals surface area (Å²) >= 11 is 0. The fourth-order valence-corrected chi connectivity index (χ4v) is 2.36. The first-order valence-electron chi connectivity index (χ1n) is 5.44. The van der Waals surface area contributed by atoms with E-state index in [1.54, 1.807) is 6.20 Å². The first-order valence-corrected chi connectivity index (χ1v) is 5.44. The number of pyridine rings is 1. The van der Waals surface area contributed by atoms with Gasteiger partial charge in [-0.2, -0.15) is 5.26 Å². The van der Waals surface area contributed by atoms with Crippen molar-refractivity contribution < 1.29 is 0 Å². The molecule has 0 saturated heterocycles. The second kappa shape index (κ2) is 4.31. The molecule has 3 nitrogen and oxygen atoms in total. The number of aromatic nitrogens is 1. The molecule has 3 heteroatoms. The summed E-state index contributed by atoms with van der Waals surface area (Å²) in [5.74, 6) is 0.413.